The number of hydrogen-bond acceptors (Lipinski definition) is 3. The van der Waals surface area contributed by atoms with Crippen LogP contribution in [0.15, 0.2) is 42.7 Å². The van der Waals surface area contributed by atoms with Gasteiger partial charge in [0.15, 0.2) is 5.65 Å². The highest BCUT2D eigenvalue weighted by atomic mass is 35.5. The lowest BCUT2D eigenvalue weighted by Gasteiger charge is -2.09. The summed E-state index contributed by atoms with van der Waals surface area (Å²) in [5, 5.41) is 0.588. The number of fused-ring (bicyclic) bond motifs is 1. The summed E-state index contributed by atoms with van der Waals surface area (Å²) in [7, 11) is 0. The van der Waals surface area contributed by atoms with E-state index in [1.807, 2.05) is 48.7 Å². The summed E-state index contributed by atoms with van der Waals surface area (Å²) in [6.07, 6.45) is 3.86. The lowest BCUT2D eigenvalue weighted by Crippen LogP contribution is -2.05. The number of hydrogen-bond donors (Lipinski definition) is 1. The highest BCUT2D eigenvalue weighted by molar-refractivity contribution is 6.30. The van der Waals surface area contributed by atoms with Crippen molar-refractivity contribution in [2.45, 2.75) is 20.0 Å². The highest BCUT2D eigenvalue weighted by Gasteiger charge is 2.08. The van der Waals surface area contributed by atoms with Crippen LogP contribution in [0.2, 0.25) is 5.02 Å². The summed E-state index contributed by atoms with van der Waals surface area (Å²) in [5.74, 6) is 0.847. The molecule has 0 aliphatic rings. The average Bonchev–Trinajstić information content (AvgIpc) is 2.83. The number of nitrogens with zero attached hydrogens (tertiary/aromatic N) is 2. The topological polar surface area (TPSA) is 52.5 Å². The normalized spacial score (nSPS) is 11.2. The van der Waals surface area contributed by atoms with E-state index >= 15 is 0 Å². The molecule has 0 radical (unpaired) electrons. The second-order valence-electron chi connectivity index (χ2n) is 5.16. The van der Waals surface area contributed by atoms with Crippen molar-refractivity contribution in [3.8, 4) is 17.0 Å². The average molecular weight is 302 g/mol. The Morgan fingerprint density at radius 3 is 2.57 bits per heavy atom. The fourth-order valence-corrected chi connectivity index (χ4v) is 2.43. The zero-order valence-electron chi connectivity index (χ0n) is 11.9. The van der Waals surface area contributed by atoms with Crippen LogP contribution in [0.1, 0.15) is 13.8 Å². The SMILES string of the molecule is CC(C)Oc1ccc(-c2cn3cc(Cl)cc(N)c3n2)cc1. The van der Waals surface area contributed by atoms with Crippen LogP contribution in [0.5, 0.6) is 5.75 Å². The molecule has 0 aliphatic carbocycles. The summed E-state index contributed by atoms with van der Waals surface area (Å²) >= 11 is 6.00. The molecule has 1 aromatic carbocycles. The van der Waals surface area contributed by atoms with Crippen LogP contribution in [-0.2, 0) is 0 Å². The number of pyridine rings is 1. The lowest BCUT2D eigenvalue weighted by atomic mass is 10.1. The summed E-state index contributed by atoms with van der Waals surface area (Å²) in [4.78, 5) is 4.55. The number of halogens is 1. The van der Waals surface area contributed by atoms with Crippen LogP contribution in [0.25, 0.3) is 16.9 Å². The summed E-state index contributed by atoms with van der Waals surface area (Å²) < 4.78 is 7.47. The van der Waals surface area contributed by atoms with Crippen molar-refractivity contribution >= 4 is 22.9 Å². The maximum absolute atomic E-state index is 6.00. The molecule has 0 bridgehead atoms. The third kappa shape index (κ3) is 2.81. The van der Waals surface area contributed by atoms with Crippen molar-refractivity contribution in [1.29, 1.82) is 0 Å². The number of ether oxygens (including phenoxy) is 1. The van der Waals surface area contributed by atoms with Gasteiger partial charge in [0.05, 0.1) is 22.5 Å². The van der Waals surface area contributed by atoms with E-state index < -0.39 is 0 Å². The number of imidazole rings is 1. The van der Waals surface area contributed by atoms with E-state index in [9.17, 15) is 0 Å². The number of benzene rings is 1. The standard InChI is InChI=1S/C16H16ClN3O/c1-10(2)21-13-5-3-11(4-6-13)15-9-20-8-12(17)7-14(18)16(20)19-15/h3-10H,18H2,1-2H3. The molecule has 3 aromatic rings. The maximum atomic E-state index is 6.00. The molecule has 2 heterocycles. The molecule has 0 amide bonds. The molecule has 0 aliphatic heterocycles. The van der Waals surface area contributed by atoms with Crippen LogP contribution >= 0.6 is 11.6 Å². The summed E-state index contributed by atoms with van der Waals surface area (Å²) in [5.41, 5.74) is 9.06. The zero-order chi connectivity index (χ0) is 15.0. The molecular formula is C16H16ClN3O. The molecule has 0 spiro atoms. The first-order valence-electron chi connectivity index (χ1n) is 6.74. The van der Waals surface area contributed by atoms with E-state index in [1.165, 1.54) is 0 Å². The van der Waals surface area contributed by atoms with Gasteiger partial charge in [-0.2, -0.15) is 0 Å². The Hall–Kier alpha value is -2.20. The van der Waals surface area contributed by atoms with E-state index in [0.717, 1.165) is 17.0 Å². The second-order valence-corrected chi connectivity index (χ2v) is 5.60. The molecule has 4 nitrogen and oxygen atoms in total. The number of aromatic nitrogens is 2. The molecule has 0 atom stereocenters. The Morgan fingerprint density at radius 1 is 1.19 bits per heavy atom. The Kier molecular flexibility index (Phi) is 3.47. The van der Waals surface area contributed by atoms with Gasteiger partial charge in [0.2, 0.25) is 0 Å². The van der Waals surface area contributed by atoms with E-state index in [2.05, 4.69) is 4.98 Å². The number of nitrogens with two attached hydrogens (primary N) is 1. The highest BCUT2D eigenvalue weighted by Crippen LogP contribution is 2.26. The lowest BCUT2D eigenvalue weighted by molar-refractivity contribution is 0.242. The Balaban J connectivity index is 1.98. The molecule has 0 fully saturated rings. The molecule has 108 valence electrons. The van der Waals surface area contributed by atoms with E-state index in [-0.39, 0.29) is 6.10 Å². The third-order valence-electron chi connectivity index (χ3n) is 3.07. The third-order valence-corrected chi connectivity index (χ3v) is 3.27. The van der Waals surface area contributed by atoms with Gasteiger partial charge in [-0.25, -0.2) is 4.98 Å². The number of nitrogen functional groups attached to an aromatic ring is 1. The second kappa shape index (κ2) is 5.30. The predicted octanol–water partition coefficient (Wildman–Crippen LogP) is 4.02. The minimum absolute atomic E-state index is 0.160. The quantitative estimate of drug-likeness (QED) is 0.795. The smallest absolute Gasteiger partial charge is 0.160 e. The van der Waals surface area contributed by atoms with Gasteiger partial charge in [0, 0.05) is 18.0 Å². The van der Waals surface area contributed by atoms with Crippen LogP contribution in [0.3, 0.4) is 0 Å². The van der Waals surface area contributed by atoms with Crippen LogP contribution in [0.4, 0.5) is 5.69 Å². The maximum Gasteiger partial charge on any atom is 0.160 e. The Bertz CT molecular complexity index is 778. The first-order chi connectivity index (χ1) is 10.0. The Labute approximate surface area is 128 Å². The van der Waals surface area contributed by atoms with Gasteiger partial charge in [-0.15, -0.1) is 0 Å². The minimum Gasteiger partial charge on any atom is -0.491 e. The van der Waals surface area contributed by atoms with Gasteiger partial charge in [-0.3, -0.25) is 0 Å². The van der Waals surface area contributed by atoms with Crippen molar-refractivity contribution < 1.29 is 4.74 Å². The van der Waals surface area contributed by atoms with Gasteiger partial charge in [0.25, 0.3) is 0 Å². The van der Waals surface area contributed by atoms with E-state index in [1.54, 1.807) is 12.3 Å². The fourth-order valence-electron chi connectivity index (χ4n) is 2.20. The van der Waals surface area contributed by atoms with Crippen molar-refractivity contribution in [3.63, 3.8) is 0 Å². The van der Waals surface area contributed by atoms with Crippen LogP contribution in [-0.4, -0.2) is 15.5 Å². The van der Waals surface area contributed by atoms with Crippen molar-refractivity contribution in [2.75, 3.05) is 5.73 Å². The predicted molar refractivity (Wildman–Crippen MR) is 85.8 cm³/mol. The molecule has 2 aromatic heterocycles. The monoisotopic (exact) mass is 301 g/mol. The van der Waals surface area contributed by atoms with Gasteiger partial charge >= 0.3 is 0 Å². The van der Waals surface area contributed by atoms with Gasteiger partial charge in [0.1, 0.15) is 5.75 Å². The first kappa shape index (κ1) is 13.8. The molecule has 0 saturated carbocycles. The molecule has 3 rings (SSSR count). The number of rotatable bonds is 3. The Morgan fingerprint density at radius 2 is 1.90 bits per heavy atom. The zero-order valence-corrected chi connectivity index (χ0v) is 12.6. The fraction of sp³-hybridized carbons (Fsp3) is 0.188. The number of anilines is 1. The van der Waals surface area contributed by atoms with Crippen molar-refractivity contribution in [3.05, 3.63) is 47.7 Å². The minimum atomic E-state index is 0.160. The first-order valence-corrected chi connectivity index (χ1v) is 7.11. The van der Waals surface area contributed by atoms with Crippen molar-refractivity contribution in [1.82, 2.24) is 9.38 Å². The summed E-state index contributed by atoms with van der Waals surface area (Å²) in [6, 6.07) is 9.55. The molecule has 0 saturated heterocycles. The van der Waals surface area contributed by atoms with Crippen LogP contribution < -0.4 is 10.5 Å². The van der Waals surface area contributed by atoms with Crippen LogP contribution in [0, 0.1) is 0 Å². The molecule has 5 heteroatoms. The van der Waals surface area contributed by atoms with E-state index in [0.29, 0.717) is 16.4 Å². The largest absolute Gasteiger partial charge is 0.491 e. The molecule has 0 unspecified atom stereocenters. The molecule has 21 heavy (non-hydrogen) atoms. The van der Waals surface area contributed by atoms with Gasteiger partial charge in [-0.1, -0.05) is 11.6 Å². The van der Waals surface area contributed by atoms with Gasteiger partial charge in [-0.05, 0) is 44.2 Å². The molecule has 2 N–H and O–H groups in total. The van der Waals surface area contributed by atoms with Crippen molar-refractivity contribution in [2.24, 2.45) is 0 Å². The summed E-state index contributed by atoms with van der Waals surface area (Å²) in [6.45, 7) is 4.01. The molecular weight excluding hydrogens is 286 g/mol. The van der Waals surface area contributed by atoms with Gasteiger partial charge < -0.3 is 14.9 Å². The van der Waals surface area contributed by atoms with E-state index in [4.69, 9.17) is 22.1 Å².